The van der Waals surface area contributed by atoms with Gasteiger partial charge in [-0.15, -0.1) is 0 Å². The topological polar surface area (TPSA) is 75.3 Å². The molecule has 4 heteroatoms. The number of rotatable bonds is 4. The molecule has 4 N–H and O–H groups in total. The monoisotopic (exact) mass is 270 g/mol. The molecule has 2 rings (SSSR count). The van der Waals surface area contributed by atoms with Gasteiger partial charge < -0.3 is 16.2 Å². The largest absolute Gasteiger partial charge is 0.508 e. The highest BCUT2D eigenvalue weighted by molar-refractivity contribution is 5.89. The third kappa shape index (κ3) is 2.74. The number of nitrogens with two attached hydrogens (primary N) is 1. The predicted molar refractivity (Wildman–Crippen MR) is 79.5 cm³/mol. The molecule has 1 amide bonds. The summed E-state index contributed by atoms with van der Waals surface area (Å²) < 4.78 is 0. The molecule has 2 aromatic carbocycles. The highest BCUT2D eigenvalue weighted by atomic mass is 16.3. The number of aryl methyl sites for hydroxylation is 1. The fourth-order valence-corrected chi connectivity index (χ4v) is 2.08. The molecule has 0 spiro atoms. The Morgan fingerprint density at radius 2 is 1.85 bits per heavy atom. The van der Waals surface area contributed by atoms with E-state index < -0.39 is 11.4 Å². The number of amides is 1. The van der Waals surface area contributed by atoms with Crippen LogP contribution >= 0.6 is 0 Å². The number of hydrogen-bond acceptors (Lipinski definition) is 3. The summed E-state index contributed by atoms with van der Waals surface area (Å²) in [6.07, 6.45) is 0. The number of nitrogens with one attached hydrogen (secondary N) is 1. The molecule has 0 saturated heterocycles. The number of phenolic OH excluding ortho intramolecular Hbond substituents is 1. The Labute approximate surface area is 118 Å². The van der Waals surface area contributed by atoms with E-state index in [9.17, 15) is 9.90 Å². The SMILES string of the molecule is Cc1cccc(NC(C)(C(N)=O)c2ccc(O)cc2)c1. The van der Waals surface area contributed by atoms with E-state index in [1.54, 1.807) is 19.1 Å². The van der Waals surface area contributed by atoms with Crippen LogP contribution in [0.5, 0.6) is 5.75 Å². The number of aromatic hydroxyl groups is 1. The molecule has 1 unspecified atom stereocenters. The maximum absolute atomic E-state index is 11.9. The first-order valence-electron chi connectivity index (χ1n) is 6.36. The van der Waals surface area contributed by atoms with Gasteiger partial charge >= 0.3 is 0 Å². The number of benzene rings is 2. The average Bonchev–Trinajstić information content (AvgIpc) is 2.39. The normalized spacial score (nSPS) is 13.5. The molecule has 4 nitrogen and oxygen atoms in total. The summed E-state index contributed by atoms with van der Waals surface area (Å²) in [6, 6.07) is 14.2. The lowest BCUT2D eigenvalue weighted by molar-refractivity contribution is -0.122. The summed E-state index contributed by atoms with van der Waals surface area (Å²) >= 11 is 0. The summed E-state index contributed by atoms with van der Waals surface area (Å²) in [5.74, 6) is -0.333. The molecule has 0 aliphatic heterocycles. The zero-order chi connectivity index (χ0) is 14.8. The molecule has 0 heterocycles. The smallest absolute Gasteiger partial charge is 0.247 e. The molecule has 0 bridgehead atoms. The van der Waals surface area contributed by atoms with Gasteiger partial charge in [-0.3, -0.25) is 4.79 Å². The molecular weight excluding hydrogens is 252 g/mol. The Bertz CT molecular complexity index is 623. The van der Waals surface area contributed by atoms with Crippen LogP contribution in [0.2, 0.25) is 0 Å². The molecule has 20 heavy (non-hydrogen) atoms. The number of anilines is 1. The van der Waals surface area contributed by atoms with E-state index in [-0.39, 0.29) is 5.75 Å². The zero-order valence-corrected chi connectivity index (χ0v) is 11.6. The van der Waals surface area contributed by atoms with E-state index in [0.717, 1.165) is 11.3 Å². The van der Waals surface area contributed by atoms with Crippen molar-refractivity contribution in [1.29, 1.82) is 0 Å². The Morgan fingerprint density at radius 3 is 2.40 bits per heavy atom. The van der Waals surface area contributed by atoms with Crippen molar-refractivity contribution in [2.24, 2.45) is 5.73 Å². The predicted octanol–water partition coefficient (Wildman–Crippen LogP) is 2.51. The van der Waals surface area contributed by atoms with Crippen LogP contribution in [0, 0.1) is 6.92 Å². The Balaban J connectivity index is 2.39. The molecular formula is C16H18N2O2. The van der Waals surface area contributed by atoms with Gasteiger partial charge in [-0.2, -0.15) is 0 Å². The van der Waals surface area contributed by atoms with Gasteiger partial charge in [0.1, 0.15) is 11.3 Å². The molecule has 1 atom stereocenters. The standard InChI is InChI=1S/C16H18N2O2/c1-11-4-3-5-13(10-11)18-16(2,15(17)20)12-6-8-14(19)9-7-12/h3-10,18-19H,1-2H3,(H2,17,20). The maximum atomic E-state index is 11.9. The van der Waals surface area contributed by atoms with Gasteiger partial charge in [0.15, 0.2) is 0 Å². The quantitative estimate of drug-likeness (QED) is 0.799. The Hall–Kier alpha value is -2.49. The van der Waals surface area contributed by atoms with Crippen LogP contribution in [0.3, 0.4) is 0 Å². The van der Waals surface area contributed by atoms with Crippen LogP contribution in [0.4, 0.5) is 5.69 Å². The summed E-state index contributed by atoms with van der Waals surface area (Å²) in [5.41, 5.74) is 7.13. The first kappa shape index (κ1) is 13.9. The molecule has 0 aromatic heterocycles. The molecule has 0 radical (unpaired) electrons. The summed E-state index contributed by atoms with van der Waals surface area (Å²) in [5, 5.41) is 12.5. The van der Waals surface area contributed by atoms with Crippen LogP contribution < -0.4 is 11.1 Å². The minimum absolute atomic E-state index is 0.149. The van der Waals surface area contributed by atoms with Crippen molar-refractivity contribution in [3.8, 4) is 5.75 Å². The van der Waals surface area contributed by atoms with E-state index in [1.165, 1.54) is 12.1 Å². The lowest BCUT2D eigenvalue weighted by atomic mass is 9.90. The lowest BCUT2D eigenvalue weighted by Crippen LogP contribution is -2.45. The second kappa shape index (κ2) is 5.25. The molecule has 2 aromatic rings. The van der Waals surface area contributed by atoms with Crippen LogP contribution in [0.15, 0.2) is 48.5 Å². The molecule has 0 fully saturated rings. The molecule has 0 saturated carbocycles. The van der Waals surface area contributed by atoms with Crippen molar-refractivity contribution in [1.82, 2.24) is 0 Å². The number of phenols is 1. The summed E-state index contributed by atoms with van der Waals surface area (Å²) in [7, 11) is 0. The highest BCUT2D eigenvalue weighted by Gasteiger charge is 2.33. The van der Waals surface area contributed by atoms with Crippen molar-refractivity contribution in [3.63, 3.8) is 0 Å². The van der Waals surface area contributed by atoms with Crippen molar-refractivity contribution in [2.75, 3.05) is 5.32 Å². The third-order valence-corrected chi connectivity index (χ3v) is 3.35. The zero-order valence-electron chi connectivity index (χ0n) is 11.6. The Morgan fingerprint density at radius 1 is 1.20 bits per heavy atom. The van der Waals surface area contributed by atoms with Gasteiger partial charge in [-0.05, 0) is 49.2 Å². The third-order valence-electron chi connectivity index (χ3n) is 3.35. The van der Waals surface area contributed by atoms with Crippen LogP contribution in [-0.2, 0) is 10.3 Å². The van der Waals surface area contributed by atoms with Gasteiger partial charge in [0.25, 0.3) is 0 Å². The van der Waals surface area contributed by atoms with Crippen molar-refractivity contribution in [2.45, 2.75) is 19.4 Å². The van der Waals surface area contributed by atoms with E-state index in [1.807, 2.05) is 31.2 Å². The number of primary amides is 1. The van der Waals surface area contributed by atoms with E-state index >= 15 is 0 Å². The van der Waals surface area contributed by atoms with Gasteiger partial charge in [-0.25, -0.2) is 0 Å². The second-order valence-corrected chi connectivity index (χ2v) is 5.03. The van der Waals surface area contributed by atoms with E-state index in [2.05, 4.69) is 5.32 Å². The van der Waals surface area contributed by atoms with E-state index in [4.69, 9.17) is 5.73 Å². The Kier molecular flexibility index (Phi) is 3.66. The fraction of sp³-hybridized carbons (Fsp3) is 0.188. The van der Waals surface area contributed by atoms with Crippen molar-refractivity contribution < 1.29 is 9.90 Å². The van der Waals surface area contributed by atoms with Gasteiger partial charge in [0.2, 0.25) is 5.91 Å². The lowest BCUT2D eigenvalue weighted by Gasteiger charge is -2.29. The molecule has 0 aliphatic carbocycles. The van der Waals surface area contributed by atoms with Gasteiger partial charge in [0.05, 0.1) is 0 Å². The minimum Gasteiger partial charge on any atom is -0.508 e. The van der Waals surface area contributed by atoms with Crippen LogP contribution in [-0.4, -0.2) is 11.0 Å². The van der Waals surface area contributed by atoms with Crippen molar-refractivity contribution >= 4 is 11.6 Å². The summed E-state index contributed by atoms with van der Waals surface area (Å²) in [6.45, 7) is 3.71. The minimum atomic E-state index is -1.04. The highest BCUT2D eigenvalue weighted by Crippen LogP contribution is 2.27. The van der Waals surface area contributed by atoms with Gasteiger partial charge in [0, 0.05) is 5.69 Å². The number of hydrogen-bond donors (Lipinski definition) is 3. The maximum Gasteiger partial charge on any atom is 0.247 e. The number of carbonyl (C=O) groups is 1. The van der Waals surface area contributed by atoms with Crippen LogP contribution in [0.25, 0.3) is 0 Å². The molecule has 0 aliphatic rings. The fourth-order valence-electron chi connectivity index (χ4n) is 2.08. The van der Waals surface area contributed by atoms with Gasteiger partial charge in [-0.1, -0.05) is 24.3 Å². The van der Waals surface area contributed by atoms with Crippen LogP contribution in [0.1, 0.15) is 18.1 Å². The van der Waals surface area contributed by atoms with Crippen molar-refractivity contribution in [3.05, 3.63) is 59.7 Å². The second-order valence-electron chi connectivity index (χ2n) is 5.03. The molecule has 104 valence electrons. The summed E-state index contributed by atoms with van der Waals surface area (Å²) in [4.78, 5) is 11.9. The first-order valence-corrected chi connectivity index (χ1v) is 6.36. The first-order chi connectivity index (χ1) is 9.41. The number of carbonyl (C=O) groups excluding carboxylic acids is 1. The van der Waals surface area contributed by atoms with E-state index in [0.29, 0.717) is 5.56 Å². The average molecular weight is 270 g/mol.